The van der Waals surface area contributed by atoms with Gasteiger partial charge in [0, 0.05) is 6.20 Å². The lowest BCUT2D eigenvalue weighted by atomic mass is 10.2. The average molecular weight is 296 g/mol. The Hall–Kier alpha value is -1.24. The summed E-state index contributed by atoms with van der Waals surface area (Å²) in [6.45, 7) is 0. The molecule has 1 heterocycles. The summed E-state index contributed by atoms with van der Waals surface area (Å²) in [5.41, 5.74) is -0.225. The maximum absolute atomic E-state index is 12.5. The fourth-order valence-corrected chi connectivity index (χ4v) is 1.78. The van der Waals surface area contributed by atoms with Crippen molar-refractivity contribution in [3.63, 3.8) is 0 Å². The molecule has 4 nitrogen and oxygen atoms in total. The molecule has 0 spiro atoms. The Labute approximate surface area is 98.4 Å². The molecule has 0 atom stereocenters. The molecule has 0 unspecified atom stereocenters. The highest BCUT2D eigenvalue weighted by molar-refractivity contribution is 9.10. The lowest BCUT2D eigenvalue weighted by molar-refractivity contribution is -0.136. The zero-order chi connectivity index (χ0) is 12.3. The number of carboxylic acid groups (broad SMARTS) is 1. The molecule has 0 fully saturated rings. The molecule has 0 aromatic carbocycles. The molecule has 1 aromatic rings. The monoisotopic (exact) mass is 295 g/mol. The van der Waals surface area contributed by atoms with E-state index in [1.54, 1.807) is 0 Å². The van der Waals surface area contributed by atoms with Crippen LogP contribution in [0.15, 0.2) is 10.7 Å². The first-order valence-corrected chi connectivity index (χ1v) is 4.97. The van der Waals surface area contributed by atoms with Crippen LogP contribution in [0.5, 0.6) is 5.75 Å². The number of rotatable bonds is 4. The quantitative estimate of drug-likeness (QED) is 0.927. The number of carboxylic acids is 1. The van der Waals surface area contributed by atoms with E-state index in [0.717, 1.165) is 6.20 Å². The normalized spacial score (nSPS) is 10.6. The standard InChI is InChI=1S/C9H8BrF2NO3/c1-16-8-4(9(11)12)3-13-5(7(8)10)2-6(14)15/h3,9H,2H2,1H3,(H,14,15). The molecule has 0 bridgehead atoms. The third-order valence-corrected chi connectivity index (χ3v) is 2.65. The van der Waals surface area contributed by atoms with Crippen LogP contribution in [-0.4, -0.2) is 23.2 Å². The first-order chi connectivity index (χ1) is 7.47. The number of hydrogen-bond acceptors (Lipinski definition) is 3. The molecule has 0 aliphatic heterocycles. The van der Waals surface area contributed by atoms with Crippen molar-refractivity contribution >= 4 is 21.9 Å². The molecular weight excluding hydrogens is 288 g/mol. The Morgan fingerprint density at radius 3 is 2.75 bits per heavy atom. The van der Waals surface area contributed by atoms with Gasteiger partial charge in [-0.15, -0.1) is 0 Å². The number of methoxy groups -OCH3 is 1. The van der Waals surface area contributed by atoms with Crippen molar-refractivity contribution in [2.45, 2.75) is 12.8 Å². The second-order valence-corrected chi connectivity index (χ2v) is 3.67. The lowest BCUT2D eigenvalue weighted by Gasteiger charge is -2.11. The summed E-state index contributed by atoms with van der Waals surface area (Å²) in [4.78, 5) is 14.2. The van der Waals surface area contributed by atoms with Crippen LogP contribution >= 0.6 is 15.9 Å². The van der Waals surface area contributed by atoms with Gasteiger partial charge in [-0.2, -0.15) is 0 Å². The summed E-state index contributed by atoms with van der Waals surface area (Å²) >= 11 is 3.00. The van der Waals surface area contributed by atoms with Crippen LogP contribution in [0, 0.1) is 0 Å². The van der Waals surface area contributed by atoms with Gasteiger partial charge in [0.2, 0.25) is 0 Å². The summed E-state index contributed by atoms with van der Waals surface area (Å²) in [5, 5.41) is 8.58. The zero-order valence-corrected chi connectivity index (χ0v) is 9.79. The van der Waals surface area contributed by atoms with Crippen molar-refractivity contribution in [3.05, 3.63) is 21.9 Å². The molecule has 1 rings (SSSR count). The smallest absolute Gasteiger partial charge is 0.309 e. The van der Waals surface area contributed by atoms with E-state index in [0.29, 0.717) is 0 Å². The number of alkyl halides is 2. The molecule has 16 heavy (non-hydrogen) atoms. The number of hydrogen-bond donors (Lipinski definition) is 1. The minimum atomic E-state index is -2.72. The topological polar surface area (TPSA) is 59.4 Å². The first kappa shape index (κ1) is 12.8. The minimum absolute atomic E-state index is 0.0822. The second kappa shape index (κ2) is 5.20. The van der Waals surface area contributed by atoms with Gasteiger partial charge >= 0.3 is 5.97 Å². The van der Waals surface area contributed by atoms with E-state index in [1.165, 1.54) is 7.11 Å². The van der Waals surface area contributed by atoms with Crippen LogP contribution in [0.3, 0.4) is 0 Å². The van der Waals surface area contributed by atoms with Crippen molar-refractivity contribution in [1.29, 1.82) is 0 Å². The van der Waals surface area contributed by atoms with Crippen LogP contribution in [0.25, 0.3) is 0 Å². The van der Waals surface area contributed by atoms with Gasteiger partial charge < -0.3 is 9.84 Å². The molecule has 0 saturated carbocycles. The van der Waals surface area contributed by atoms with Crippen LogP contribution in [0.1, 0.15) is 17.7 Å². The summed E-state index contributed by atoms with van der Waals surface area (Å²) < 4.78 is 30.0. The number of halogens is 3. The summed E-state index contributed by atoms with van der Waals surface area (Å²) in [6.07, 6.45) is -2.16. The fraction of sp³-hybridized carbons (Fsp3) is 0.333. The third-order valence-electron chi connectivity index (χ3n) is 1.83. The molecule has 0 aliphatic rings. The van der Waals surface area contributed by atoms with E-state index in [1.807, 2.05) is 0 Å². The van der Waals surface area contributed by atoms with Gasteiger partial charge in [0.15, 0.2) is 0 Å². The SMILES string of the molecule is COc1c(C(F)F)cnc(CC(=O)O)c1Br. The van der Waals surface area contributed by atoms with Crippen molar-refractivity contribution in [1.82, 2.24) is 4.98 Å². The van der Waals surface area contributed by atoms with Gasteiger partial charge in [-0.05, 0) is 15.9 Å². The van der Waals surface area contributed by atoms with Gasteiger partial charge in [0.25, 0.3) is 6.43 Å². The van der Waals surface area contributed by atoms with Gasteiger partial charge in [-0.1, -0.05) is 0 Å². The predicted molar refractivity (Wildman–Crippen MR) is 54.8 cm³/mol. The second-order valence-electron chi connectivity index (χ2n) is 2.88. The van der Waals surface area contributed by atoms with Gasteiger partial charge in [0.05, 0.1) is 29.3 Å². The third kappa shape index (κ3) is 2.66. The largest absolute Gasteiger partial charge is 0.495 e. The zero-order valence-electron chi connectivity index (χ0n) is 8.21. The molecular formula is C9H8BrF2NO3. The Morgan fingerprint density at radius 2 is 2.31 bits per heavy atom. The van der Waals surface area contributed by atoms with E-state index in [2.05, 4.69) is 20.9 Å². The average Bonchev–Trinajstić information content (AvgIpc) is 2.19. The molecule has 0 saturated heterocycles. The van der Waals surface area contributed by atoms with Gasteiger partial charge in [-0.25, -0.2) is 8.78 Å². The fourth-order valence-electron chi connectivity index (χ4n) is 1.15. The van der Waals surface area contributed by atoms with Crippen LogP contribution in [-0.2, 0) is 11.2 Å². The van der Waals surface area contributed by atoms with Crippen LogP contribution in [0.2, 0.25) is 0 Å². The van der Waals surface area contributed by atoms with Crippen molar-refractivity contribution in [2.75, 3.05) is 7.11 Å². The number of pyridine rings is 1. The number of carbonyl (C=O) groups is 1. The molecule has 7 heteroatoms. The molecule has 1 N–H and O–H groups in total. The highest BCUT2D eigenvalue weighted by Gasteiger charge is 2.20. The highest BCUT2D eigenvalue weighted by Crippen LogP contribution is 2.36. The number of aromatic nitrogens is 1. The van der Waals surface area contributed by atoms with Crippen molar-refractivity contribution in [2.24, 2.45) is 0 Å². The first-order valence-electron chi connectivity index (χ1n) is 4.18. The van der Waals surface area contributed by atoms with Gasteiger partial charge in [-0.3, -0.25) is 9.78 Å². The maximum atomic E-state index is 12.5. The van der Waals surface area contributed by atoms with Crippen LogP contribution in [0.4, 0.5) is 8.78 Å². The number of aliphatic carboxylic acids is 1. The molecule has 1 aromatic heterocycles. The van der Waals surface area contributed by atoms with Crippen LogP contribution < -0.4 is 4.74 Å². The van der Waals surface area contributed by atoms with Crippen molar-refractivity contribution in [3.8, 4) is 5.75 Å². The van der Waals surface area contributed by atoms with E-state index >= 15 is 0 Å². The van der Waals surface area contributed by atoms with E-state index in [9.17, 15) is 13.6 Å². The summed E-state index contributed by atoms with van der Waals surface area (Å²) in [7, 11) is 1.23. The molecule has 0 amide bonds. The summed E-state index contributed by atoms with van der Waals surface area (Å²) in [5.74, 6) is -1.18. The predicted octanol–water partition coefficient (Wildman–Crippen LogP) is 2.42. The maximum Gasteiger partial charge on any atom is 0.309 e. The molecule has 0 aliphatic carbocycles. The lowest BCUT2D eigenvalue weighted by Crippen LogP contribution is -2.06. The van der Waals surface area contributed by atoms with E-state index < -0.39 is 12.4 Å². The Kier molecular flexibility index (Phi) is 4.17. The number of ether oxygens (including phenoxy) is 1. The van der Waals surface area contributed by atoms with E-state index in [-0.39, 0.29) is 27.9 Å². The molecule has 88 valence electrons. The molecule has 0 radical (unpaired) electrons. The Bertz CT molecular complexity index is 412. The Balaban J connectivity index is 3.23. The van der Waals surface area contributed by atoms with Gasteiger partial charge in [0.1, 0.15) is 5.75 Å². The van der Waals surface area contributed by atoms with Crippen molar-refractivity contribution < 1.29 is 23.4 Å². The summed E-state index contributed by atoms with van der Waals surface area (Å²) in [6, 6.07) is 0. The minimum Gasteiger partial charge on any atom is -0.495 e. The Morgan fingerprint density at radius 1 is 1.69 bits per heavy atom. The number of nitrogens with zero attached hydrogens (tertiary/aromatic N) is 1. The highest BCUT2D eigenvalue weighted by atomic mass is 79.9. The van der Waals surface area contributed by atoms with E-state index in [4.69, 9.17) is 9.84 Å².